The summed E-state index contributed by atoms with van der Waals surface area (Å²) in [6.45, 7) is 1.31. The summed E-state index contributed by atoms with van der Waals surface area (Å²) in [5.41, 5.74) is 0.801. The molecule has 0 saturated heterocycles. The minimum absolute atomic E-state index is 0.642. The van der Waals surface area contributed by atoms with E-state index >= 15 is 0 Å². The lowest BCUT2D eigenvalue weighted by atomic mass is 10.1. The van der Waals surface area contributed by atoms with Crippen LogP contribution in [0.2, 0.25) is 0 Å². The van der Waals surface area contributed by atoms with E-state index in [0.717, 1.165) is 30.9 Å². The number of hydrogen-bond acceptors (Lipinski definition) is 4. The molecule has 3 nitrogen and oxygen atoms in total. The third kappa shape index (κ3) is 2.88. The summed E-state index contributed by atoms with van der Waals surface area (Å²) < 4.78 is 13.2. The molecular weight excluding hydrogens is 408 g/mol. The predicted molar refractivity (Wildman–Crippen MR) is 85.8 cm³/mol. The third-order valence-electron chi connectivity index (χ3n) is 3.02. The molecule has 2 aromatic rings. The Bertz CT molecular complexity index is 607. The fourth-order valence-corrected chi connectivity index (χ4v) is 4.12. The zero-order chi connectivity index (χ0) is 14.1. The third-order valence-corrected chi connectivity index (χ3v) is 6.33. The number of aliphatic hydroxyl groups is 1. The van der Waals surface area contributed by atoms with E-state index in [1.807, 2.05) is 24.3 Å². The fraction of sp³-hybridized carbons (Fsp3) is 0.286. The lowest BCUT2D eigenvalue weighted by Crippen LogP contribution is -1.99. The van der Waals surface area contributed by atoms with E-state index in [-0.39, 0.29) is 0 Å². The number of benzene rings is 1. The van der Waals surface area contributed by atoms with Crippen LogP contribution in [0.1, 0.15) is 23.0 Å². The normalized spacial score (nSPS) is 15.8. The fourth-order valence-electron chi connectivity index (χ4n) is 2.01. The zero-order valence-corrected chi connectivity index (χ0v) is 14.4. The van der Waals surface area contributed by atoms with Crippen LogP contribution in [0.3, 0.4) is 0 Å². The SMILES string of the molecule is OC(c1ccc2c(c1)OCCCO2)c1cc(Br)c(Br)s1. The van der Waals surface area contributed by atoms with Crippen LogP contribution in [0.5, 0.6) is 11.5 Å². The number of fused-ring (bicyclic) bond motifs is 1. The molecule has 6 heteroatoms. The maximum atomic E-state index is 10.5. The summed E-state index contributed by atoms with van der Waals surface area (Å²) >= 11 is 8.38. The van der Waals surface area contributed by atoms with E-state index in [0.29, 0.717) is 19.0 Å². The Kier molecular flexibility index (Phi) is 4.35. The van der Waals surface area contributed by atoms with Gasteiger partial charge in [0, 0.05) is 15.8 Å². The summed E-state index contributed by atoms with van der Waals surface area (Å²) in [6.07, 6.45) is 0.206. The Morgan fingerprint density at radius 2 is 1.85 bits per heavy atom. The van der Waals surface area contributed by atoms with Crippen molar-refractivity contribution in [1.82, 2.24) is 0 Å². The van der Waals surface area contributed by atoms with Crippen LogP contribution < -0.4 is 9.47 Å². The van der Waals surface area contributed by atoms with Gasteiger partial charge in [-0.1, -0.05) is 6.07 Å². The van der Waals surface area contributed by atoms with Gasteiger partial charge in [-0.05, 0) is 55.6 Å². The first-order valence-corrected chi connectivity index (χ1v) is 8.58. The molecule has 0 bridgehead atoms. The molecule has 1 unspecified atom stereocenters. The van der Waals surface area contributed by atoms with Gasteiger partial charge in [0.05, 0.1) is 17.0 Å². The average molecular weight is 420 g/mol. The first-order chi connectivity index (χ1) is 9.65. The van der Waals surface area contributed by atoms with Crippen molar-refractivity contribution in [2.75, 3.05) is 13.2 Å². The Balaban J connectivity index is 1.92. The molecule has 0 aliphatic carbocycles. The highest BCUT2D eigenvalue weighted by Crippen LogP contribution is 2.39. The van der Waals surface area contributed by atoms with Gasteiger partial charge in [-0.15, -0.1) is 11.3 Å². The standard InChI is InChI=1S/C14H12Br2O3S/c15-9-7-12(20-14(9)16)13(17)8-2-3-10-11(6-8)19-5-1-4-18-10/h2-3,6-7,13,17H,1,4-5H2. The number of ether oxygens (including phenoxy) is 2. The molecule has 0 spiro atoms. The lowest BCUT2D eigenvalue weighted by Gasteiger charge is -2.12. The first kappa shape index (κ1) is 14.4. The highest BCUT2D eigenvalue weighted by atomic mass is 79.9. The number of rotatable bonds is 2. The minimum atomic E-state index is -0.667. The van der Waals surface area contributed by atoms with E-state index in [2.05, 4.69) is 31.9 Å². The van der Waals surface area contributed by atoms with Gasteiger partial charge in [-0.3, -0.25) is 0 Å². The van der Waals surface area contributed by atoms with Crippen LogP contribution in [-0.2, 0) is 0 Å². The number of halogens is 2. The molecule has 1 N–H and O–H groups in total. The molecule has 1 aliphatic heterocycles. The van der Waals surface area contributed by atoms with E-state index in [1.54, 1.807) is 0 Å². The summed E-state index contributed by atoms with van der Waals surface area (Å²) in [4.78, 5) is 0.873. The molecule has 0 fully saturated rings. The van der Waals surface area contributed by atoms with Gasteiger partial charge >= 0.3 is 0 Å². The van der Waals surface area contributed by atoms with Gasteiger partial charge in [0.2, 0.25) is 0 Å². The number of aliphatic hydroxyl groups excluding tert-OH is 1. The average Bonchev–Trinajstić information content (AvgIpc) is 2.67. The molecule has 1 aromatic carbocycles. The van der Waals surface area contributed by atoms with Crippen molar-refractivity contribution in [2.45, 2.75) is 12.5 Å². The molecular formula is C14H12Br2O3S. The Morgan fingerprint density at radius 3 is 2.55 bits per heavy atom. The van der Waals surface area contributed by atoms with E-state index < -0.39 is 6.10 Å². The molecule has 106 valence electrons. The van der Waals surface area contributed by atoms with Crippen molar-refractivity contribution in [3.8, 4) is 11.5 Å². The maximum absolute atomic E-state index is 10.5. The van der Waals surface area contributed by atoms with Gasteiger partial charge in [-0.25, -0.2) is 0 Å². The van der Waals surface area contributed by atoms with E-state index in [4.69, 9.17) is 9.47 Å². The van der Waals surface area contributed by atoms with Crippen molar-refractivity contribution in [2.24, 2.45) is 0 Å². The van der Waals surface area contributed by atoms with Crippen molar-refractivity contribution < 1.29 is 14.6 Å². The lowest BCUT2D eigenvalue weighted by molar-refractivity contribution is 0.223. The van der Waals surface area contributed by atoms with Gasteiger partial charge in [-0.2, -0.15) is 0 Å². The molecule has 1 aromatic heterocycles. The summed E-state index contributed by atoms with van der Waals surface area (Å²) in [7, 11) is 0. The molecule has 2 heterocycles. The monoisotopic (exact) mass is 418 g/mol. The highest BCUT2D eigenvalue weighted by molar-refractivity contribution is 9.13. The quantitative estimate of drug-likeness (QED) is 0.777. The second-order valence-electron chi connectivity index (χ2n) is 4.43. The van der Waals surface area contributed by atoms with Crippen molar-refractivity contribution in [3.63, 3.8) is 0 Å². The molecule has 3 rings (SSSR count). The van der Waals surface area contributed by atoms with Crippen LogP contribution in [0.4, 0.5) is 0 Å². The van der Waals surface area contributed by atoms with Crippen LogP contribution in [-0.4, -0.2) is 18.3 Å². The topological polar surface area (TPSA) is 38.7 Å². The van der Waals surface area contributed by atoms with Gasteiger partial charge in [0.15, 0.2) is 11.5 Å². The summed E-state index contributed by atoms with van der Waals surface area (Å²) in [5, 5.41) is 10.5. The van der Waals surface area contributed by atoms with Crippen LogP contribution in [0.25, 0.3) is 0 Å². The molecule has 0 saturated carbocycles. The van der Waals surface area contributed by atoms with Crippen LogP contribution in [0.15, 0.2) is 32.5 Å². The molecule has 0 amide bonds. The maximum Gasteiger partial charge on any atom is 0.161 e. The van der Waals surface area contributed by atoms with E-state index in [1.165, 1.54) is 11.3 Å². The highest BCUT2D eigenvalue weighted by Gasteiger charge is 2.18. The number of thiophene rings is 1. The first-order valence-electron chi connectivity index (χ1n) is 6.17. The van der Waals surface area contributed by atoms with Crippen molar-refractivity contribution in [1.29, 1.82) is 0 Å². The van der Waals surface area contributed by atoms with Gasteiger partial charge in [0.1, 0.15) is 6.10 Å². The predicted octanol–water partition coefficient (Wildman–Crippen LogP) is 4.52. The molecule has 20 heavy (non-hydrogen) atoms. The zero-order valence-electron chi connectivity index (χ0n) is 10.4. The summed E-state index contributed by atoms with van der Waals surface area (Å²) in [6, 6.07) is 7.51. The second kappa shape index (κ2) is 6.05. The summed E-state index contributed by atoms with van der Waals surface area (Å²) in [5.74, 6) is 1.45. The van der Waals surface area contributed by atoms with Crippen LogP contribution in [0, 0.1) is 0 Å². The Labute approximate surface area is 137 Å². The van der Waals surface area contributed by atoms with Gasteiger partial charge < -0.3 is 14.6 Å². The molecule has 1 aliphatic rings. The minimum Gasteiger partial charge on any atom is -0.490 e. The van der Waals surface area contributed by atoms with Crippen molar-refractivity contribution >= 4 is 43.2 Å². The van der Waals surface area contributed by atoms with E-state index in [9.17, 15) is 5.11 Å². The Hall–Kier alpha value is -0.560. The number of hydrogen-bond donors (Lipinski definition) is 1. The second-order valence-corrected chi connectivity index (χ2v) is 7.69. The largest absolute Gasteiger partial charge is 0.490 e. The Morgan fingerprint density at radius 1 is 1.10 bits per heavy atom. The van der Waals surface area contributed by atoms with Crippen molar-refractivity contribution in [3.05, 3.63) is 43.0 Å². The van der Waals surface area contributed by atoms with Gasteiger partial charge in [0.25, 0.3) is 0 Å². The smallest absolute Gasteiger partial charge is 0.161 e. The molecule has 0 radical (unpaired) electrons. The molecule has 1 atom stereocenters. The van der Waals surface area contributed by atoms with Crippen LogP contribution >= 0.6 is 43.2 Å².